The molecule has 0 radical (unpaired) electrons. The van der Waals surface area contributed by atoms with Crippen LogP contribution >= 0.6 is 11.3 Å². The molecule has 0 saturated heterocycles. The molecule has 5 heteroatoms. The van der Waals surface area contributed by atoms with Gasteiger partial charge in [-0.2, -0.15) is 0 Å². The zero-order chi connectivity index (χ0) is 11.8. The predicted octanol–water partition coefficient (Wildman–Crippen LogP) is 2.01. The van der Waals surface area contributed by atoms with E-state index in [0.29, 0.717) is 6.61 Å². The molecule has 1 rings (SSSR count). The Morgan fingerprint density at radius 1 is 1.25 bits per heavy atom. The Bertz CT molecular complexity index is 289. The molecule has 1 aromatic heterocycles. The van der Waals surface area contributed by atoms with E-state index in [2.05, 4.69) is 22.4 Å². The van der Waals surface area contributed by atoms with Crippen LogP contribution in [0.5, 0.6) is 0 Å². The van der Waals surface area contributed by atoms with E-state index in [4.69, 9.17) is 4.74 Å². The summed E-state index contributed by atoms with van der Waals surface area (Å²) in [4.78, 5) is 0. The van der Waals surface area contributed by atoms with Crippen molar-refractivity contribution in [1.29, 1.82) is 0 Å². The van der Waals surface area contributed by atoms with Crippen LogP contribution in [0, 0.1) is 0 Å². The normalized spacial score (nSPS) is 11.2. The largest absolute Gasteiger partial charge is 0.372 e. The maximum atomic E-state index is 5.48. The summed E-state index contributed by atoms with van der Waals surface area (Å²) in [5.41, 5.74) is 0. The molecule has 0 unspecified atom stereocenters. The smallest absolute Gasteiger partial charge is 0.143 e. The molecule has 4 nitrogen and oxygen atoms in total. The van der Waals surface area contributed by atoms with Crippen LogP contribution in [0.15, 0.2) is 0 Å². The molecule has 0 aliphatic heterocycles. The number of hydrogen-bond acceptors (Lipinski definition) is 5. The molecule has 0 spiro atoms. The molecule has 0 bridgehead atoms. The van der Waals surface area contributed by atoms with E-state index in [1.54, 1.807) is 11.3 Å². The van der Waals surface area contributed by atoms with Gasteiger partial charge >= 0.3 is 0 Å². The Morgan fingerprint density at radius 3 is 2.69 bits per heavy atom. The second-order valence-corrected chi connectivity index (χ2v) is 5.10. The summed E-state index contributed by atoms with van der Waals surface area (Å²) >= 11 is 1.65. The summed E-state index contributed by atoms with van der Waals surface area (Å²) < 4.78 is 5.48. The van der Waals surface area contributed by atoms with Crippen LogP contribution in [0.1, 0.15) is 37.2 Å². The van der Waals surface area contributed by atoms with Gasteiger partial charge < -0.3 is 10.1 Å². The molecular weight excluding hydrogens is 222 g/mol. The summed E-state index contributed by atoms with van der Waals surface area (Å²) in [7, 11) is 0. The first-order valence-electron chi connectivity index (χ1n) is 5.86. The van der Waals surface area contributed by atoms with Crippen molar-refractivity contribution in [3.8, 4) is 0 Å². The molecule has 1 N–H and O–H groups in total. The molecule has 16 heavy (non-hydrogen) atoms. The van der Waals surface area contributed by atoms with Gasteiger partial charge in [0.05, 0.1) is 6.10 Å². The Morgan fingerprint density at radius 2 is 2.00 bits per heavy atom. The van der Waals surface area contributed by atoms with Gasteiger partial charge in [-0.3, -0.25) is 0 Å². The quantitative estimate of drug-likeness (QED) is 0.709. The van der Waals surface area contributed by atoms with Gasteiger partial charge in [0, 0.05) is 13.0 Å². The standard InChI is InChI=1S/C11H21N3OS/c1-4-6-12-7-5-10-13-14-11(16-10)8-15-9(2)3/h9,12H,4-8H2,1-3H3. The minimum atomic E-state index is 0.249. The second kappa shape index (κ2) is 7.70. The van der Waals surface area contributed by atoms with Crippen LogP contribution in [0.25, 0.3) is 0 Å². The number of nitrogens with one attached hydrogen (secondary N) is 1. The molecule has 0 aromatic carbocycles. The van der Waals surface area contributed by atoms with Gasteiger partial charge in [-0.1, -0.05) is 18.3 Å². The van der Waals surface area contributed by atoms with Gasteiger partial charge in [-0.05, 0) is 26.8 Å². The highest BCUT2D eigenvalue weighted by molar-refractivity contribution is 7.11. The fourth-order valence-corrected chi connectivity index (χ4v) is 1.95. The first-order valence-corrected chi connectivity index (χ1v) is 6.67. The van der Waals surface area contributed by atoms with Gasteiger partial charge in [-0.15, -0.1) is 10.2 Å². The molecule has 1 aromatic rings. The number of rotatable bonds is 8. The molecule has 0 amide bonds. The van der Waals surface area contributed by atoms with Gasteiger partial charge in [0.2, 0.25) is 0 Å². The minimum Gasteiger partial charge on any atom is -0.372 e. The van der Waals surface area contributed by atoms with Gasteiger partial charge in [0.1, 0.15) is 16.6 Å². The monoisotopic (exact) mass is 243 g/mol. The van der Waals surface area contributed by atoms with Crippen LogP contribution in [0.3, 0.4) is 0 Å². The van der Waals surface area contributed by atoms with Crippen LogP contribution in [-0.4, -0.2) is 29.4 Å². The third kappa shape index (κ3) is 5.53. The third-order valence-electron chi connectivity index (χ3n) is 1.99. The second-order valence-electron chi connectivity index (χ2n) is 3.95. The van der Waals surface area contributed by atoms with Crippen molar-refractivity contribution < 1.29 is 4.74 Å². The molecule has 0 atom stereocenters. The molecule has 1 heterocycles. The lowest BCUT2D eigenvalue weighted by molar-refractivity contribution is 0.0652. The highest BCUT2D eigenvalue weighted by atomic mass is 32.1. The first kappa shape index (κ1) is 13.5. The fourth-order valence-electron chi connectivity index (χ4n) is 1.18. The lowest BCUT2D eigenvalue weighted by atomic mass is 10.4. The molecule has 92 valence electrons. The van der Waals surface area contributed by atoms with Crippen molar-refractivity contribution >= 4 is 11.3 Å². The lowest BCUT2D eigenvalue weighted by Gasteiger charge is -2.03. The Labute approximate surface area is 101 Å². The van der Waals surface area contributed by atoms with E-state index in [9.17, 15) is 0 Å². The fraction of sp³-hybridized carbons (Fsp3) is 0.818. The number of hydrogen-bond donors (Lipinski definition) is 1. The SMILES string of the molecule is CCCNCCc1nnc(COC(C)C)s1. The molecule has 0 aliphatic carbocycles. The van der Waals surface area contributed by atoms with Crippen molar-refractivity contribution in [2.45, 2.75) is 46.3 Å². The van der Waals surface area contributed by atoms with Gasteiger partial charge in [-0.25, -0.2) is 0 Å². The van der Waals surface area contributed by atoms with E-state index >= 15 is 0 Å². The van der Waals surface area contributed by atoms with Crippen molar-refractivity contribution in [2.75, 3.05) is 13.1 Å². The van der Waals surface area contributed by atoms with Crippen LogP contribution in [0.4, 0.5) is 0 Å². The summed E-state index contributed by atoms with van der Waals surface area (Å²) in [5, 5.41) is 13.7. The average Bonchev–Trinajstić information content (AvgIpc) is 2.70. The molecule has 0 fully saturated rings. The predicted molar refractivity (Wildman–Crippen MR) is 66.7 cm³/mol. The summed E-state index contributed by atoms with van der Waals surface area (Å²) in [5.74, 6) is 0. The highest BCUT2D eigenvalue weighted by Crippen LogP contribution is 2.11. The maximum Gasteiger partial charge on any atom is 0.143 e. The number of ether oxygens (including phenoxy) is 1. The molecular formula is C11H21N3OS. The minimum absolute atomic E-state index is 0.249. The Hall–Kier alpha value is -0.520. The maximum absolute atomic E-state index is 5.48. The number of nitrogens with zero attached hydrogens (tertiary/aromatic N) is 2. The van der Waals surface area contributed by atoms with Gasteiger partial charge in [0.25, 0.3) is 0 Å². The highest BCUT2D eigenvalue weighted by Gasteiger charge is 2.04. The molecule has 0 aliphatic rings. The summed E-state index contributed by atoms with van der Waals surface area (Å²) in [6.07, 6.45) is 2.38. The number of aromatic nitrogens is 2. The Balaban J connectivity index is 2.22. The van der Waals surface area contributed by atoms with Crippen molar-refractivity contribution in [2.24, 2.45) is 0 Å². The van der Waals surface area contributed by atoms with Crippen molar-refractivity contribution in [3.05, 3.63) is 10.0 Å². The zero-order valence-electron chi connectivity index (χ0n) is 10.3. The zero-order valence-corrected chi connectivity index (χ0v) is 11.1. The topological polar surface area (TPSA) is 47.0 Å². The van der Waals surface area contributed by atoms with Crippen LogP contribution in [-0.2, 0) is 17.8 Å². The van der Waals surface area contributed by atoms with Crippen LogP contribution < -0.4 is 5.32 Å². The van der Waals surface area contributed by atoms with E-state index in [1.807, 2.05) is 13.8 Å². The lowest BCUT2D eigenvalue weighted by Crippen LogP contribution is -2.17. The van der Waals surface area contributed by atoms with Crippen molar-refractivity contribution in [3.63, 3.8) is 0 Å². The van der Waals surface area contributed by atoms with E-state index < -0.39 is 0 Å². The van der Waals surface area contributed by atoms with Crippen LogP contribution in [0.2, 0.25) is 0 Å². The van der Waals surface area contributed by atoms with Gasteiger partial charge in [0.15, 0.2) is 0 Å². The Kier molecular flexibility index (Phi) is 6.52. The summed E-state index contributed by atoms with van der Waals surface area (Å²) in [6, 6.07) is 0. The average molecular weight is 243 g/mol. The summed E-state index contributed by atoms with van der Waals surface area (Å²) in [6.45, 7) is 8.85. The third-order valence-corrected chi connectivity index (χ3v) is 2.95. The van der Waals surface area contributed by atoms with E-state index in [0.717, 1.165) is 29.5 Å². The molecule has 0 saturated carbocycles. The van der Waals surface area contributed by atoms with E-state index in [1.165, 1.54) is 6.42 Å². The first-order chi connectivity index (χ1) is 7.72. The van der Waals surface area contributed by atoms with E-state index in [-0.39, 0.29) is 6.10 Å². The van der Waals surface area contributed by atoms with Crippen molar-refractivity contribution in [1.82, 2.24) is 15.5 Å².